The molecule has 1 fully saturated rings. The fourth-order valence-corrected chi connectivity index (χ4v) is 3.89. The van der Waals surface area contributed by atoms with Gasteiger partial charge in [-0.3, -0.25) is 14.7 Å². The predicted molar refractivity (Wildman–Crippen MR) is 110 cm³/mol. The Morgan fingerprint density at radius 3 is 2.72 bits per heavy atom. The van der Waals surface area contributed by atoms with Crippen LogP contribution in [-0.2, 0) is 6.54 Å². The molecule has 1 aliphatic heterocycles. The number of fused-ring (bicyclic) bond motifs is 1. The SMILES string of the molecule is Cc1cc(OC2CCN(Cc3ccccc3C(N)=O)CC2)c2cc(F)ccc2n1. The number of primary amides is 1. The Morgan fingerprint density at radius 1 is 1.21 bits per heavy atom. The van der Waals surface area contributed by atoms with Crippen molar-refractivity contribution < 1.29 is 13.9 Å². The first kappa shape index (κ1) is 19.3. The van der Waals surface area contributed by atoms with Crippen LogP contribution in [0.1, 0.15) is 34.5 Å². The summed E-state index contributed by atoms with van der Waals surface area (Å²) in [6.07, 6.45) is 1.78. The number of pyridine rings is 1. The number of hydrogen-bond acceptors (Lipinski definition) is 4. The molecule has 2 N–H and O–H groups in total. The summed E-state index contributed by atoms with van der Waals surface area (Å²) in [6.45, 7) is 4.31. The van der Waals surface area contributed by atoms with Gasteiger partial charge in [-0.05, 0) is 49.6 Å². The van der Waals surface area contributed by atoms with Crippen LogP contribution in [0.3, 0.4) is 0 Å². The molecule has 1 aliphatic rings. The first-order chi connectivity index (χ1) is 14.0. The van der Waals surface area contributed by atoms with Gasteiger partial charge < -0.3 is 10.5 Å². The van der Waals surface area contributed by atoms with E-state index in [1.54, 1.807) is 12.1 Å². The van der Waals surface area contributed by atoms with Gasteiger partial charge in [-0.25, -0.2) is 4.39 Å². The van der Waals surface area contributed by atoms with Crippen LogP contribution in [0, 0.1) is 12.7 Å². The average molecular weight is 393 g/mol. The molecule has 1 aromatic heterocycles. The molecular weight excluding hydrogens is 369 g/mol. The number of halogens is 1. The van der Waals surface area contributed by atoms with Crippen LogP contribution in [0.25, 0.3) is 10.9 Å². The maximum atomic E-state index is 13.7. The Kier molecular flexibility index (Phi) is 5.45. The summed E-state index contributed by atoms with van der Waals surface area (Å²) in [5.41, 5.74) is 8.60. The van der Waals surface area contributed by atoms with E-state index in [9.17, 15) is 9.18 Å². The van der Waals surface area contributed by atoms with Gasteiger partial charge in [0, 0.05) is 42.3 Å². The minimum absolute atomic E-state index is 0.0610. The molecule has 0 bridgehead atoms. The number of likely N-dealkylation sites (tertiary alicyclic amines) is 1. The normalized spacial score (nSPS) is 15.5. The number of piperidine rings is 1. The molecule has 1 saturated heterocycles. The Labute approximate surface area is 169 Å². The fraction of sp³-hybridized carbons (Fsp3) is 0.304. The topological polar surface area (TPSA) is 68.5 Å². The van der Waals surface area contributed by atoms with Crippen molar-refractivity contribution in [2.45, 2.75) is 32.4 Å². The molecule has 0 saturated carbocycles. The van der Waals surface area contributed by atoms with Crippen molar-refractivity contribution in [1.29, 1.82) is 0 Å². The van der Waals surface area contributed by atoms with E-state index in [1.165, 1.54) is 12.1 Å². The summed E-state index contributed by atoms with van der Waals surface area (Å²) in [4.78, 5) is 18.4. The first-order valence-electron chi connectivity index (χ1n) is 9.83. The molecule has 0 unspecified atom stereocenters. The largest absolute Gasteiger partial charge is 0.490 e. The van der Waals surface area contributed by atoms with Crippen LogP contribution >= 0.6 is 0 Å². The van der Waals surface area contributed by atoms with Crippen LogP contribution in [0.5, 0.6) is 5.75 Å². The summed E-state index contributed by atoms with van der Waals surface area (Å²) in [5, 5.41) is 0.702. The monoisotopic (exact) mass is 393 g/mol. The Hall–Kier alpha value is -2.99. The fourth-order valence-electron chi connectivity index (χ4n) is 3.89. The molecule has 0 aliphatic carbocycles. The summed E-state index contributed by atoms with van der Waals surface area (Å²) < 4.78 is 20.0. The molecule has 4 rings (SSSR count). The Morgan fingerprint density at radius 2 is 1.97 bits per heavy atom. The number of hydrogen-bond donors (Lipinski definition) is 1. The van der Waals surface area contributed by atoms with Gasteiger partial charge >= 0.3 is 0 Å². The van der Waals surface area contributed by atoms with E-state index < -0.39 is 5.91 Å². The maximum absolute atomic E-state index is 13.7. The smallest absolute Gasteiger partial charge is 0.249 e. The van der Waals surface area contributed by atoms with Crippen molar-refractivity contribution in [3.05, 3.63) is 71.2 Å². The molecule has 2 heterocycles. The van der Waals surface area contributed by atoms with Gasteiger partial charge in [0.15, 0.2) is 0 Å². The number of nitrogens with zero attached hydrogens (tertiary/aromatic N) is 2. The van der Waals surface area contributed by atoms with E-state index in [0.29, 0.717) is 23.2 Å². The molecule has 0 radical (unpaired) electrons. The number of aromatic nitrogens is 1. The van der Waals surface area contributed by atoms with Crippen LogP contribution in [0.2, 0.25) is 0 Å². The van der Waals surface area contributed by atoms with Crippen molar-refractivity contribution in [2.24, 2.45) is 5.73 Å². The third-order valence-electron chi connectivity index (χ3n) is 5.37. The van der Waals surface area contributed by atoms with E-state index in [4.69, 9.17) is 10.5 Å². The predicted octanol–water partition coefficient (Wildman–Crippen LogP) is 3.82. The summed E-state index contributed by atoms with van der Waals surface area (Å²) in [7, 11) is 0. The third kappa shape index (κ3) is 4.38. The zero-order chi connectivity index (χ0) is 20.4. The number of rotatable bonds is 5. The summed E-state index contributed by atoms with van der Waals surface area (Å²) >= 11 is 0. The van der Waals surface area contributed by atoms with Gasteiger partial charge in [0.1, 0.15) is 17.7 Å². The summed E-state index contributed by atoms with van der Waals surface area (Å²) in [5.74, 6) is -0.00792. The highest BCUT2D eigenvalue weighted by molar-refractivity contribution is 5.94. The highest BCUT2D eigenvalue weighted by Gasteiger charge is 2.22. The van der Waals surface area contributed by atoms with Gasteiger partial charge in [-0.1, -0.05) is 18.2 Å². The van der Waals surface area contributed by atoms with Crippen molar-refractivity contribution in [1.82, 2.24) is 9.88 Å². The number of ether oxygens (including phenoxy) is 1. The van der Waals surface area contributed by atoms with Gasteiger partial charge in [0.2, 0.25) is 5.91 Å². The van der Waals surface area contributed by atoms with Crippen molar-refractivity contribution in [3.8, 4) is 5.75 Å². The number of benzene rings is 2. The van der Waals surface area contributed by atoms with Crippen LogP contribution in [-0.4, -0.2) is 35.0 Å². The Bertz CT molecular complexity index is 1050. The van der Waals surface area contributed by atoms with Crippen LogP contribution in [0.15, 0.2) is 48.5 Å². The molecule has 29 heavy (non-hydrogen) atoms. The average Bonchev–Trinajstić information content (AvgIpc) is 2.70. The zero-order valence-electron chi connectivity index (χ0n) is 16.4. The number of aryl methyl sites for hydroxylation is 1. The van der Waals surface area contributed by atoms with Crippen LogP contribution < -0.4 is 10.5 Å². The van der Waals surface area contributed by atoms with Gasteiger partial charge in [0.05, 0.1) is 5.52 Å². The molecule has 0 spiro atoms. The first-order valence-corrected chi connectivity index (χ1v) is 9.83. The number of amides is 1. The lowest BCUT2D eigenvalue weighted by atomic mass is 10.0. The lowest BCUT2D eigenvalue weighted by Gasteiger charge is -2.32. The van der Waals surface area contributed by atoms with E-state index in [1.807, 2.05) is 31.2 Å². The van der Waals surface area contributed by atoms with Crippen molar-refractivity contribution in [2.75, 3.05) is 13.1 Å². The second-order valence-electron chi connectivity index (χ2n) is 7.54. The maximum Gasteiger partial charge on any atom is 0.249 e. The second kappa shape index (κ2) is 8.17. The highest BCUT2D eigenvalue weighted by Crippen LogP contribution is 2.29. The highest BCUT2D eigenvalue weighted by atomic mass is 19.1. The van der Waals surface area contributed by atoms with Gasteiger partial charge in [-0.2, -0.15) is 0 Å². The second-order valence-corrected chi connectivity index (χ2v) is 7.54. The minimum atomic E-state index is -0.397. The van der Waals surface area contributed by atoms with E-state index in [0.717, 1.165) is 42.7 Å². The lowest BCUT2D eigenvalue weighted by Crippen LogP contribution is -2.38. The molecule has 3 aromatic rings. The summed E-state index contributed by atoms with van der Waals surface area (Å²) in [6, 6.07) is 13.9. The van der Waals surface area contributed by atoms with E-state index >= 15 is 0 Å². The molecule has 1 amide bonds. The number of carbonyl (C=O) groups excluding carboxylic acids is 1. The van der Waals surface area contributed by atoms with E-state index in [2.05, 4.69) is 9.88 Å². The zero-order valence-corrected chi connectivity index (χ0v) is 16.4. The van der Waals surface area contributed by atoms with E-state index in [-0.39, 0.29) is 11.9 Å². The lowest BCUT2D eigenvalue weighted by molar-refractivity contribution is 0.0955. The molecular formula is C23H24FN3O2. The quantitative estimate of drug-likeness (QED) is 0.715. The van der Waals surface area contributed by atoms with Crippen LogP contribution in [0.4, 0.5) is 4.39 Å². The van der Waals surface area contributed by atoms with Gasteiger partial charge in [0.25, 0.3) is 0 Å². The molecule has 2 aromatic carbocycles. The van der Waals surface area contributed by atoms with Gasteiger partial charge in [-0.15, -0.1) is 0 Å². The molecule has 5 nitrogen and oxygen atoms in total. The molecule has 0 atom stereocenters. The number of carbonyl (C=O) groups is 1. The van der Waals surface area contributed by atoms with Crippen molar-refractivity contribution >= 4 is 16.8 Å². The number of nitrogens with two attached hydrogens (primary N) is 1. The Balaban J connectivity index is 1.43. The third-order valence-corrected chi connectivity index (χ3v) is 5.37. The minimum Gasteiger partial charge on any atom is -0.490 e. The standard InChI is InChI=1S/C23H24FN3O2/c1-15-12-22(20-13-17(24)6-7-21(20)26-15)29-18-8-10-27(11-9-18)14-16-4-2-3-5-19(16)23(25)28/h2-7,12-13,18H,8-11,14H2,1H3,(H2,25,28). The molecule has 6 heteroatoms. The molecule has 150 valence electrons. The van der Waals surface area contributed by atoms with Crippen molar-refractivity contribution in [3.63, 3.8) is 0 Å².